The SMILES string of the molecule is Cc1ccc(Nc2nc3c(c(Nc4ccc(C)c(C)c4)n2)C(=O)CC(C)C3)cc1C. The second-order valence-corrected chi connectivity index (χ2v) is 8.50. The number of benzene rings is 2. The van der Waals surface area contributed by atoms with Crippen LogP contribution in [0.1, 0.15) is 51.7 Å². The molecule has 5 heteroatoms. The maximum Gasteiger partial charge on any atom is 0.229 e. The van der Waals surface area contributed by atoms with Crippen molar-refractivity contribution < 1.29 is 4.79 Å². The quantitative estimate of drug-likeness (QED) is 0.565. The van der Waals surface area contributed by atoms with Gasteiger partial charge >= 0.3 is 0 Å². The van der Waals surface area contributed by atoms with Crippen LogP contribution in [0.4, 0.5) is 23.1 Å². The molecule has 0 spiro atoms. The molecular weight excluding hydrogens is 372 g/mol. The highest BCUT2D eigenvalue weighted by atomic mass is 16.1. The van der Waals surface area contributed by atoms with Gasteiger partial charge in [-0.05, 0) is 86.6 Å². The van der Waals surface area contributed by atoms with Gasteiger partial charge in [0.2, 0.25) is 5.95 Å². The van der Waals surface area contributed by atoms with Gasteiger partial charge in [-0.2, -0.15) is 4.98 Å². The van der Waals surface area contributed by atoms with Gasteiger partial charge in [0.1, 0.15) is 5.82 Å². The van der Waals surface area contributed by atoms with Gasteiger partial charge < -0.3 is 10.6 Å². The standard InChI is InChI=1S/C25H28N4O/c1-14-10-21-23(22(30)11-14)24(26-19-8-6-15(2)17(4)12-19)29-25(28-21)27-20-9-7-16(3)18(5)13-20/h6-9,12-14H,10-11H2,1-5H3,(H2,26,27,28,29). The number of Topliss-reactive ketones (excluding diaryl/α,β-unsaturated/α-hetero) is 1. The molecule has 4 rings (SSSR count). The zero-order valence-corrected chi connectivity index (χ0v) is 18.3. The van der Waals surface area contributed by atoms with Gasteiger partial charge in [-0.3, -0.25) is 4.79 Å². The minimum atomic E-state index is 0.104. The minimum absolute atomic E-state index is 0.104. The van der Waals surface area contributed by atoms with Crippen molar-refractivity contribution in [2.45, 2.75) is 47.5 Å². The summed E-state index contributed by atoms with van der Waals surface area (Å²) in [5.41, 5.74) is 8.15. The lowest BCUT2D eigenvalue weighted by Crippen LogP contribution is -2.22. The van der Waals surface area contributed by atoms with E-state index < -0.39 is 0 Å². The number of carbonyl (C=O) groups excluding carboxylic acids is 1. The third-order valence-electron chi connectivity index (χ3n) is 5.87. The highest BCUT2D eigenvalue weighted by Gasteiger charge is 2.28. The van der Waals surface area contributed by atoms with Crippen LogP contribution in [-0.2, 0) is 6.42 Å². The fourth-order valence-corrected chi connectivity index (χ4v) is 3.82. The lowest BCUT2D eigenvalue weighted by Gasteiger charge is -2.23. The van der Waals surface area contributed by atoms with E-state index in [1.165, 1.54) is 22.3 Å². The van der Waals surface area contributed by atoms with Crippen LogP contribution in [0.2, 0.25) is 0 Å². The highest BCUT2D eigenvalue weighted by molar-refractivity contribution is 6.03. The summed E-state index contributed by atoms with van der Waals surface area (Å²) in [4.78, 5) is 22.3. The molecule has 3 aromatic rings. The van der Waals surface area contributed by atoms with E-state index >= 15 is 0 Å². The van der Waals surface area contributed by atoms with Crippen LogP contribution >= 0.6 is 0 Å². The fraction of sp³-hybridized carbons (Fsp3) is 0.320. The van der Waals surface area contributed by atoms with Crippen molar-refractivity contribution in [3.05, 3.63) is 69.9 Å². The maximum atomic E-state index is 12.8. The number of anilines is 4. The van der Waals surface area contributed by atoms with E-state index in [0.717, 1.165) is 23.5 Å². The summed E-state index contributed by atoms with van der Waals surface area (Å²) in [6.07, 6.45) is 1.30. The summed E-state index contributed by atoms with van der Waals surface area (Å²) < 4.78 is 0. The van der Waals surface area contributed by atoms with Crippen LogP contribution in [0.5, 0.6) is 0 Å². The van der Waals surface area contributed by atoms with Crippen LogP contribution in [0.15, 0.2) is 36.4 Å². The Balaban J connectivity index is 1.75. The third-order valence-corrected chi connectivity index (χ3v) is 5.87. The topological polar surface area (TPSA) is 66.9 Å². The second kappa shape index (κ2) is 7.90. The summed E-state index contributed by atoms with van der Waals surface area (Å²) >= 11 is 0. The first-order valence-corrected chi connectivity index (χ1v) is 10.4. The molecule has 1 aliphatic rings. The summed E-state index contributed by atoms with van der Waals surface area (Å²) in [6, 6.07) is 12.4. The van der Waals surface area contributed by atoms with Crippen molar-refractivity contribution in [2.24, 2.45) is 5.92 Å². The zero-order valence-electron chi connectivity index (χ0n) is 18.3. The molecule has 1 unspecified atom stereocenters. The maximum absolute atomic E-state index is 12.8. The Kier molecular flexibility index (Phi) is 5.29. The number of rotatable bonds is 4. The Hall–Kier alpha value is -3.21. The first kappa shape index (κ1) is 20.1. The Morgan fingerprint density at radius 2 is 1.40 bits per heavy atom. The van der Waals surface area contributed by atoms with Gasteiger partial charge in [0.15, 0.2) is 5.78 Å². The van der Waals surface area contributed by atoms with Crippen molar-refractivity contribution in [2.75, 3.05) is 10.6 Å². The monoisotopic (exact) mass is 400 g/mol. The first-order chi connectivity index (χ1) is 14.3. The molecule has 1 atom stereocenters. The smallest absolute Gasteiger partial charge is 0.229 e. The van der Waals surface area contributed by atoms with E-state index in [0.29, 0.717) is 23.8 Å². The Morgan fingerprint density at radius 3 is 2.00 bits per heavy atom. The largest absolute Gasteiger partial charge is 0.339 e. The number of fused-ring (bicyclic) bond motifs is 1. The lowest BCUT2D eigenvalue weighted by atomic mass is 9.87. The highest BCUT2D eigenvalue weighted by Crippen LogP contribution is 2.32. The zero-order chi connectivity index (χ0) is 21.4. The van der Waals surface area contributed by atoms with Crippen LogP contribution in [-0.4, -0.2) is 15.8 Å². The van der Waals surface area contributed by atoms with Gasteiger partial charge in [0.25, 0.3) is 0 Å². The molecule has 0 saturated carbocycles. The molecular formula is C25H28N4O. The van der Waals surface area contributed by atoms with Gasteiger partial charge in [-0.25, -0.2) is 4.98 Å². The van der Waals surface area contributed by atoms with E-state index in [9.17, 15) is 4.79 Å². The number of nitrogens with zero attached hydrogens (tertiary/aromatic N) is 2. The van der Waals surface area contributed by atoms with Crippen LogP contribution in [0.25, 0.3) is 0 Å². The fourth-order valence-electron chi connectivity index (χ4n) is 3.82. The molecule has 2 N–H and O–H groups in total. The Morgan fingerprint density at radius 1 is 0.800 bits per heavy atom. The summed E-state index contributed by atoms with van der Waals surface area (Å²) in [5, 5.41) is 6.70. The van der Waals surface area contributed by atoms with E-state index in [1.807, 2.05) is 12.1 Å². The number of aryl methyl sites for hydroxylation is 4. The molecule has 0 amide bonds. The first-order valence-electron chi connectivity index (χ1n) is 10.4. The number of hydrogen-bond acceptors (Lipinski definition) is 5. The van der Waals surface area contributed by atoms with Crippen molar-refractivity contribution in [3.8, 4) is 0 Å². The van der Waals surface area contributed by atoms with E-state index in [4.69, 9.17) is 9.97 Å². The van der Waals surface area contributed by atoms with Crippen LogP contribution < -0.4 is 10.6 Å². The van der Waals surface area contributed by atoms with Gasteiger partial charge in [-0.15, -0.1) is 0 Å². The van der Waals surface area contributed by atoms with Gasteiger partial charge in [0.05, 0.1) is 11.3 Å². The van der Waals surface area contributed by atoms with Crippen molar-refractivity contribution >= 4 is 28.9 Å². The Labute approximate surface area is 178 Å². The predicted molar refractivity (Wildman–Crippen MR) is 122 cm³/mol. The summed E-state index contributed by atoms with van der Waals surface area (Å²) in [6.45, 7) is 10.4. The van der Waals surface area contributed by atoms with E-state index in [-0.39, 0.29) is 11.7 Å². The number of carbonyl (C=O) groups is 1. The predicted octanol–water partition coefficient (Wildman–Crippen LogP) is 5.96. The molecule has 0 aliphatic heterocycles. The molecule has 1 aromatic heterocycles. The average Bonchev–Trinajstić information content (AvgIpc) is 2.67. The summed E-state index contributed by atoms with van der Waals surface area (Å²) in [5.74, 6) is 1.47. The number of aromatic nitrogens is 2. The lowest BCUT2D eigenvalue weighted by molar-refractivity contribution is 0.0953. The Bertz CT molecular complexity index is 1140. The molecule has 1 aliphatic carbocycles. The molecule has 0 saturated heterocycles. The molecule has 2 aromatic carbocycles. The van der Waals surface area contributed by atoms with E-state index in [2.05, 4.69) is 69.5 Å². The van der Waals surface area contributed by atoms with Gasteiger partial charge in [-0.1, -0.05) is 19.1 Å². The molecule has 154 valence electrons. The van der Waals surface area contributed by atoms with Crippen molar-refractivity contribution in [1.82, 2.24) is 9.97 Å². The van der Waals surface area contributed by atoms with Crippen molar-refractivity contribution in [1.29, 1.82) is 0 Å². The molecule has 5 nitrogen and oxygen atoms in total. The molecule has 0 fully saturated rings. The normalized spacial score (nSPS) is 15.6. The number of ketones is 1. The molecule has 1 heterocycles. The molecule has 0 radical (unpaired) electrons. The summed E-state index contributed by atoms with van der Waals surface area (Å²) in [7, 11) is 0. The number of nitrogens with one attached hydrogen (secondary N) is 2. The minimum Gasteiger partial charge on any atom is -0.339 e. The number of hydrogen-bond donors (Lipinski definition) is 2. The second-order valence-electron chi connectivity index (χ2n) is 8.50. The van der Waals surface area contributed by atoms with Gasteiger partial charge in [0, 0.05) is 17.8 Å². The van der Waals surface area contributed by atoms with Crippen LogP contribution in [0, 0.1) is 33.6 Å². The molecule has 30 heavy (non-hydrogen) atoms. The van der Waals surface area contributed by atoms with E-state index in [1.54, 1.807) is 0 Å². The third kappa shape index (κ3) is 4.06. The average molecular weight is 401 g/mol. The molecule has 0 bridgehead atoms. The van der Waals surface area contributed by atoms with Crippen LogP contribution in [0.3, 0.4) is 0 Å². The van der Waals surface area contributed by atoms with Crippen molar-refractivity contribution in [3.63, 3.8) is 0 Å².